The van der Waals surface area contributed by atoms with Crippen molar-refractivity contribution in [2.45, 2.75) is 39.7 Å². The molecular weight excluding hydrogens is 220 g/mol. The van der Waals surface area contributed by atoms with E-state index in [0.29, 0.717) is 6.04 Å². The SMILES string of the molecule is CCNC1CCN(c2ccccc2CC)CC1C. The summed E-state index contributed by atoms with van der Waals surface area (Å²) in [5, 5.41) is 3.61. The predicted octanol–water partition coefficient (Wildman–Crippen LogP) is 3.07. The summed E-state index contributed by atoms with van der Waals surface area (Å²) < 4.78 is 0. The van der Waals surface area contributed by atoms with Gasteiger partial charge in [-0.3, -0.25) is 0 Å². The average Bonchev–Trinajstić information content (AvgIpc) is 2.41. The van der Waals surface area contributed by atoms with Crippen molar-refractivity contribution >= 4 is 5.69 Å². The Kier molecular flexibility index (Phi) is 4.65. The Morgan fingerprint density at radius 1 is 1.28 bits per heavy atom. The lowest BCUT2D eigenvalue weighted by Gasteiger charge is -2.39. The van der Waals surface area contributed by atoms with Gasteiger partial charge in [0.1, 0.15) is 0 Å². The lowest BCUT2D eigenvalue weighted by Crippen LogP contribution is -2.48. The quantitative estimate of drug-likeness (QED) is 0.878. The number of hydrogen-bond acceptors (Lipinski definition) is 2. The van der Waals surface area contributed by atoms with Crippen molar-refractivity contribution < 1.29 is 0 Å². The molecule has 1 aliphatic rings. The van der Waals surface area contributed by atoms with Gasteiger partial charge in [0.05, 0.1) is 0 Å². The first-order valence-corrected chi connectivity index (χ1v) is 7.32. The van der Waals surface area contributed by atoms with Crippen LogP contribution in [0, 0.1) is 5.92 Å². The number of hydrogen-bond donors (Lipinski definition) is 1. The van der Waals surface area contributed by atoms with Crippen LogP contribution in [0.3, 0.4) is 0 Å². The molecule has 2 nitrogen and oxygen atoms in total. The van der Waals surface area contributed by atoms with Crippen LogP contribution in [-0.4, -0.2) is 25.7 Å². The Balaban J connectivity index is 2.07. The number of anilines is 1. The van der Waals surface area contributed by atoms with E-state index in [1.807, 2.05) is 0 Å². The van der Waals surface area contributed by atoms with Crippen LogP contribution in [0.4, 0.5) is 5.69 Å². The van der Waals surface area contributed by atoms with Crippen LogP contribution in [0.25, 0.3) is 0 Å². The van der Waals surface area contributed by atoms with Gasteiger partial charge in [0.15, 0.2) is 0 Å². The monoisotopic (exact) mass is 246 g/mol. The molecule has 2 heteroatoms. The van der Waals surface area contributed by atoms with E-state index in [-0.39, 0.29) is 0 Å². The molecule has 1 aliphatic heterocycles. The topological polar surface area (TPSA) is 15.3 Å². The molecule has 2 atom stereocenters. The van der Waals surface area contributed by atoms with Crippen molar-refractivity contribution in [2.24, 2.45) is 5.92 Å². The Labute approximate surface area is 111 Å². The smallest absolute Gasteiger partial charge is 0.0398 e. The zero-order chi connectivity index (χ0) is 13.0. The van der Waals surface area contributed by atoms with Crippen molar-refractivity contribution in [1.82, 2.24) is 5.32 Å². The average molecular weight is 246 g/mol. The van der Waals surface area contributed by atoms with Crippen LogP contribution in [-0.2, 0) is 6.42 Å². The zero-order valence-electron chi connectivity index (χ0n) is 11.9. The second kappa shape index (κ2) is 6.24. The van der Waals surface area contributed by atoms with E-state index >= 15 is 0 Å². The van der Waals surface area contributed by atoms with Crippen molar-refractivity contribution in [1.29, 1.82) is 0 Å². The first-order chi connectivity index (χ1) is 8.76. The molecule has 1 saturated heterocycles. The number of aryl methyl sites for hydroxylation is 1. The summed E-state index contributed by atoms with van der Waals surface area (Å²) in [6.07, 6.45) is 2.38. The van der Waals surface area contributed by atoms with Gasteiger partial charge in [-0.2, -0.15) is 0 Å². The molecule has 2 unspecified atom stereocenters. The summed E-state index contributed by atoms with van der Waals surface area (Å²) in [7, 11) is 0. The highest BCUT2D eigenvalue weighted by atomic mass is 15.2. The first-order valence-electron chi connectivity index (χ1n) is 7.32. The Bertz CT molecular complexity index is 375. The number of rotatable bonds is 4. The summed E-state index contributed by atoms with van der Waals surface area (Å²) in [5.41, 5.74) is 2.92. The van der Waals surface area contributed by atoms with Gasteiger partial charge >= 0.3 is 0 Å². The van der Waals surface area contributed by atoms with Crippen molar-refractivity contribution in [2.75, 3.05) is 24.5 Å². The Morgan fingerprint density at radius 2 is 2.06 bits per heavy atom. The van der Waals surface area contributed by atoms with Crippen molar-refractivity contribution in [3.05, 3.63) is 29.8 Å². The van der Waals surface area contributed by atoms with Gasteiger partial charge in [-0.15, -0.1) is 0 Å². The number of nitrogens with one attached hydrogen (secondary N) is 1. The molecule has 0 aromatic heterocycles. The minimum Gasteiger partial charge on any atom is -0.371 e. The fraction of sp³-hybridized carbons (Fsp3) is 0.625. The normalized spacial score (nSPS) is 24.3. The van der Waals surface area contributed by atoms with Crippen LogP contribution in [0.1, 0.15) is 32.8 Å². The van der Waals surface area contributed by atoms with Crippen molar-refractivity contribution in [3.63, 3.8) is 0 Å². The van der Waals surface area contributed by atoms with E-state index in [2.05, 4.69) is 55.3 Å². The summed E-state index contributed by atoms with van der Waals surface area (Å²) in [4.78, 5) is 2.57. The molecule has 1 N–H and O–H groups in total. The summed E-state index contributed by atoms with van der Waals surface area (Å²) >= 11 is 0. The minimum atomic E-state index is 0.694. The molecule has 18 heavy (non-hydrogen) atoms. The molecule has 0 radical (unpaired) electrons. The molecule has 1 heterocycles. The number of benzene rings is 1. The molecule has 2 rings (SSSR count). The first kappa shape index (κ1) is 13.4. The lowest BCUT2D eigenvalue weighted by molar-refractivity contribution is 0.326. The minimum absolute atomic E-state index is 0.694. The van der Waals surface area contributed by atoms with Gasteiger partial charge in [0.2, 0.25) is 0 Å². The third-order valence-corrected chi connectivity index (χ3v) is 4.08. The highest BCUT2D eigenvalue weighted by Crippen LogP contribution is 2.26. The predicted molar refractivity (Wildman–Crippen MR) is 79.3 cm³/mol. The van der Waals surface area contributed by atoms with Gasteiger partial charge in [-0.25, -0.2) is 0 Å². The Hall–Kier alpha value is -1.02. The van der Waals surface area contributed by atoms with Crippen LogP contribution < -0.4 is 10.2 Å². The maximum atomic E-state index is 3.61. The molecule has 1 aromatic carbocycles. The van der Waals surface area contributed by atoms with Gasteiger partial charge in [0.25, 0.3) is 0 Å². The fourth-order valence-electron chi connectivity index (χ4n) is 3.05. The second-order valence-electron chi connectivity index (χ2n) is 5.36. The number of para-hydroxylation sites is 1. The molecule has 0 bridgehead atoms. The second-order valence-corrected chi connectivity index (χ2v) is 5.36. The van der Waals surface area contributed by atoms with Gasteiger partial charge in [-0.1, -0.05) is 39.0 Å². The highest BCUT2D eigenvalue weighted by Gasteiger charge is 2.25. The van der Waals surface area contributed by atoms with E-state index in [4.69, 9.17) is 0 Å². The van der Waals surface area contributed by atoms with Crippen LogP contribution >= 0.6 is 0 Å². The van der Waals surface area contributed by atoms with Crippen LogP contribution in [0.2, 0.25) is 0 Å². The number of piperidine rings is 1. The molecule has 0 spiro atoms. The van der Waals surface area contributed by atoms with E-state index in [9.17, 15) is 0 Å². The fourth-order valence-corrected chi connectivity index (χ4v) is 3.05. The molecule has 100 valence electrons. The maximum Gasteiger partial charge on any atom is 0.0398 e. The largest absolute Gasteiger partial charge is 0.371 e. The van der Waals surface area contributed by atoms with E-state index in [0.717, 1.165) is 18.9 Å². The highest BCUT2D eigenvalue weighted by molar-refractivity contribution is 5.54. The van der Waals surface area contributed by atoms with Gasteiger partial charge in [0, 0.05) is 24.8 Å². The number of nitrogens with zero attached hydrogens (tertiary/aromatic N) is 1. The van der Waals surface area contributed by atoms with Crippen molar-refractivity contribution in [3.8, 4) is 0 Å². The molecule has 1 aromatic rings. The van der Waals surface area contributed by atoms with E-state index in [1.165, 1.54) is 30.8 Å². The van der Waals surface area contributed by atoms with E-state index < -0.39 is 0 Å². The molecule has 1 fully saturated rings. The van der Waals surface area contributed by atoms with Gasteiger partial charge in [-0.05, 0) is 36.9 Å². The molecular formula is C16H26N2. The molecule has 0 saturated carbocycles. The zero-order valence-corrected chi connectivity index (χ0v) is 11.9. The van der Waals surface area contributed by atoms with E-state index in [1.54, 1.807) is 0 Å². The Morgan fingerprint density at radius 3 is 2.72 bits per heavy atom. The molecule has 0 amide bonds. The molecule has 0 aliphatic carbocycles. The third-order valence-electron chi connectivity index (χ3n) is 4.08. The summed E-state index contributed by atoms with van der Waals surface area (Å²) in [6.45, 7) is 10.3. The third kappa shape index (κ3) is 2.86. The van der Waals surface area contributed by atoms with Gasteiger partial charge < -0.3 is 10.2 Å². The van der Waals surface area contributed by atoms with Crippen LogP contribution in [0.5, 0.6) is 0 Å². The summed E-state index contributed by atoms with van der Waals surface area (Å²) in [6, 6.07) is 9.54. The maximum absolute atomic E-state index is 3.61. The lowest BCUT2D eigenvalue weighted by atomic mass is 9.93. The van der Waals surface area contributed by atoms with Crippen LogP contribution in [0.15, 0.2) is 24.3 Å². The standard InChI is InChI=1S/C16H26N2/c1-4-14-8-6-7-9-16(14)18-11-10-15(17-5-2)13(3)12-18/h6-9,13,15,17H,4-5,10-12H2,1-3H3. The summed E-state index contributed by atoms with van der Waals surface area (Å²) in [5.74, 6) is 0.726.